The number of rotatable bonds is 3. The first-order chi connectivity index (χ1) is 12.1. The molecule has 25 heavy (non-hydrogen) atoms. The fourth-order valence-corrected chi connectivity index (χ4v) is 3.45. The number of carbonyl (C=O) groups is 1. The van der Waals surface area contributed by atoms with E-state index < -0.39 is 0 Å². The molecule has 1 aliphatic heterocycles. The van der Waals surface area contributed by atoms with Crippen LogP contribution >= 0.6 is 0 Å². The highest BCUT2D eigenvalue weighted by Crippen LogP contribution is 2.21. The van der Waals surface area contributed by atoms with Gasteiger partial charge in [-0.2, -0.15) is 5.10 Å². The molecule has 0 saturated carbocycles. The Morgan fingerprint density at radius 1 is 1.32 bits per heavy atom. The van der Waals surface area contributed by atoms with E-state index in [1.165, 1.54) is 4.57 Å². The maximum absolute atomic E-state index is 12.8. The van der Waals surface area contributed by atoms with E-state index in [0.717, 1.165) is 43.5 Å². The number of likely N-dealkylation sites (tertiary alicyclic amines) is 1. The van der Waals surface area contributed by atoms with Gasteiger partial charge in [0.05, 0.1) is 11.0 Å². The van der Waals surface area contributed by atoms with Crippen molar-refractivity contribution >= 4 is 16.9 Å². The van der Waals surface area contributed by atoms with Crippen LogP contribution < -0.4 is 5.69 Å². The van der Waals surface area contributed by atoms with Crippen LogP contribution in [-0.4, -0.2) is 48.2 Å². The summed E-state index contributed by atoms with van der Waals surface area (Å²) in [5.41, 5.74) is 1.94. The second kappa shape index (κ2) is 6.19. The lowest BCUT2D eigenvalue weighted by Gasteiger charge is -2.32. The molecule has 3 heterocycles. The van der Waals surface area contributed by atoms with Gasteiger partial charge in [-0.1, -0.05) is 0 Å². The normalized spacial score (nSPS) is 15.8. The Kier molecular flexibility index (Phi) is 3.87. The van der Waals surface area contributed by atoms with Gasteiger partial charge in [0.25, 0.3) is 5.91 Å². The standard InChI is InChI=1S/C17H20N6O2/c1-21-15-8-13(2-3-14(15)20-17(21)25)16(24)22-6-4-12(5-7-22)9-23-11-18-10-19-23/h2-3,8,10-12H,4-7,9H2,1H3,(H,20,25). The van der Waals surface area contributed by atoms with E-state index in [0.29, 0.717) is 11.5 Å². The van der Waals surface area contributed by atoms with Crippen LogP contribution in [0.4, 0.5) is 0 Å². The van der Waals surface area contributed by atoms with Gasteiger partial charge in [-0.05, 0) is 37.0 Å². The summed E-state index contributed by atoms with van der Waals surface area (Å²) >= 11 is 0. The number of hydrogen-bond donors (Lipinski definition) is 1. The van der Waals surface area contributed by atoms with Crippen molar-refractivity contribution in [1.82, 2.24) is 29.2 Å². The fraction of sp³-hybridized carbons (Fsp3) is 0.412. The molecule has 8 heteroatoms. The van der Waals surface area contributed by atoms with Crippen molar-refractivity contribution in [2.45, 2.75) is 19.4 Å². The van der Waals surface area contributed by atoms with Gasteiger partial charge in [-0.3, -0.25) is 14.0 Å². The number of aryl methyl sites for hydroxylation is 1. The van der Waals surface area contributed by atoms with Crippen molar-refractivity contribution in [2.75, 3.05) is 13.1 Å². The van der Waals surface area contributed by atoms with E-state index in [2.05, 4.69) is 15.1 Å². The SMILES string of the molecule is Cn1c(=O)[nH]c2ccc(C(=O)N3CCC(Cn4cncn4)CC3)cc21. The summed E-state index contributed by atoms with van der Waals surface area (Å²) in [4.78, 5) is 33.1. The fourth-order valence-electron chi connectivity index (χ4n) is 3.45. The molecular formula is C17H20N6O2. The molecule has 0 atom stereocenters. The maximum Gasteiger partial charge on any atom is 0.326 e. The number of piperidine rings is 1. The Hall–Kier alpha value is -2.90. The average Bonchev–Trinajstić information content (AvgIpc) is 3.23. The molecule has 4 rings (SSSR count). The van der Waals surface area contributed by atoms with Crippen molar-refractivity contribution in [2.24, 2.45) is 13.0 Å². The number of benzene rings is 1. The Bertz CT molecular complexity index is 947. The number of nitrogens with zero attached hydrogens (tertiary/aromatic N) is 5. The van der Waals surface area contributed by atoms with Crippen LogP contribution in [0.1, 0.15) is 23.2 Å². The average molecular weight is 340 g/mol. The zero-order valence-corrected chi connectivity index (χ0v) is 14.1. The van der Waals surface area contributed by atoms with Crippen LogP contribution in [0.3, 0.4) is 0 Å². The smallest absolute Gasteiger partial charge is 0.326 e. The predicted molar refractivity (Wildman–Crippen MR) is 92.2 cm³/mol. The number of hydrogen-bond acceptors (Lipinski definition) is 4. The number of carbonyl (C=O) groups excluding carboxylic acids is 1. The summed E-state index contributed by atoms with van der Waals surface area (Å²) in [7, 11) is 1.70. The van der Waals surface area contributed by atoms with Crippen molar-refractivity contribution in [3.63, 3.8) is 0 Å². The first kappa shape index (κ1) is 15.6. The highest BCUT2D eigenvalue weighted by atomic mass is 16.2. The second-order valence-electron chi connectivity index (χ2n) is 6.57. The lowest BCUT2D eigenvalue weighted by molar-refractivity contribution is 0.0681. The minimum Gasteiger partial charge on any atom is -0.339 e. The van der Waals surface area contributed by atoms with Gasteiger partial charge in [0.1, 0.15) is 12.7 Å². The molecule has 2 aromatic heterocycles. The molecule has 8 nitrogen and oxygen atoms in total. The first-order valence-corrected chi connectivity index (χ1v) is 8.42. The summed E-state index contributed by atoms with van der Waals surface area (Å²) in [6.45, 7) is 2.32. The lowest BCUT2D eigenvalue weighted by Crippen LogP contribution is -2.39. The van der Waals surface area contributed by atoms with Crippen LogP contribution in [0.15, 0.2) is 35.6 Å². The number of imidazole rings is 1. The molecule has 0 unspecified atom stereocenters. The molecule has 3 aromatic rings. The number of fused-ring (bicyclic) bond motifs is 1. The predicted octanol–water partition coefficient (Wildman–Crippen LogP) is 1.01. The van der Waals surface area contributed by atoms with E-state index in [4.69, 9.17) is 0 Å². The third-order valence-corrected chi connectivity index (χ3v) is 4.97. The van der Waals surface area contributed by atoms with Gasteiger partial charge < -0.3 is 9.88 Å². The first-order valence-electron chi connectivity index (χ1n) is 8.42. The summed E-state index contributed by atoms with van der Waals surface area (Å²) in [6.07, 6.45) is 5.18. The maximum atomic E-state index is 12.8. The van der Waals surface area contributed by atoms with Crippen LogP contribution in [0.5, 0.6) is 0 Å². The Labute approximate surface area is 144 Å². The minimum atomic E-state index is -0.173. The van der Waals surface area contributed by atoms with E-state index >= 15 is 0 Å². The molecule has 1 N–H and O–H groups in total. The van der Waals surface area contributed by atoms with Crippen LogP contribution in [0.2, 0.25) is 0 Å². The highest BCUT2D eigenvalue weighted by Gasteiger charge is 2.24. The Morgan fingerprint density at radius 3 is 2.84 bits per heavy atom. The van der Waals surface area contributed by atoms with Crippen LogP contribution in [-0.2, 0) is 13.6 Å². The molecule has 0 aliphatic carbocycles. The number of H-pyrrole nitrogens is 1. The molecule has 0 spiro atoms. The van der Waals surface area contributed by atoms with E-state index in [-0.39, 0.29) is 11.6 Å². The molecule has 1 aliphatic rings. The Morgan fingerprint density at radius 2 is 2.12 bits per heavy atom. The van der Waals surface area contributed by atoms with Gasteiger partial charge >= 0.3 is 5.69 Å². The molecule has 0 bridgehead atoms. The second-order valence-corrected chi connectivity index (χ2v) is 6.57. The Balaban J connectivity index is 1.45. The molecule has 1 fully saturated rings. The molecule has 1 amide bonds. The van der Waals surface area contributed by atoms with Gasteiger partial charge in [0.15, 0.2) is 0 Å². The quantitative estimate of drug-likeness (QED) is 0.771. The minimum absolute atomic E-state index is 0.0229. The highest BCUT2D eigenvalue weighted by molar-refractivity contribution is 5.97. The van der Waals surface area contributed by atoms with Gasteiger partial charge in [-0.15, -0.1) is 0 Å². The van der Waals surface area contributed by atoms with Crippen LogP contribution in [0, 0.1) is 5.92 Å². The molecule has 1 saturated heterocycles. The van der Waals surface area contributed by atoms with E-state index in [9.17, 15) is 9.59 Å². The summed E-state index contributed by atoms with van der Waals surface area (Å²) in [5, 5.41) is 4.15. The third-order valence-electron chi connectivity index (χ3n) is 4.97. The van der Waals surface area contributed by atoms with Crippen molar-refractivity contribution in [3.05, 3.63) is 46.9 Å². The van der Waals surface area contributed by atoms with Gasteiger partial charge in [-0.25, -0.2) is 9.78 Å². The van der Waals surface area contributed by atoms with E-state index in [1.807, 2.05) is 9.58 Å². The van der Waals surface area contributed by atoms with Gasteiger partial charge in [0.2, 0.25) is 0 Å². The monoisotopic (exact) mass is 340 g/mol. The van der Waals surface area contributed by atoms with Crippen molar-refractivity contribution < 1.29 is 4.79 Å². The van der Waals surface area contributed by atoms with Crippen molar-refractivity contribution in [3.8, 4) is 0 Å². The third kappa shape index (κ3) is 2.95. The summed E-state index contributed by atoms with van der Waals surface area (Å²) in [6, 6.07) is 5.36. The molecular weight excluding hydrogens is 320 g/mol. The lowest BCUT2D eigenvalue weighted by atomic mass is 9.96. The topological polar surface area (TPSA) is 88.8 Å². The number of aromatic amines is 1. The number of amides is 1. The molecule has 1 aromatic carbocycles. The zero-order valence-electron chi connectivity index (χ0n) is 14.1. The number of nitrogens with one attached hydrogen (secondary N) is 1. The zero-order chi connectivity index (χ0) is 17.4. The molecule has 130 valence electrons. The van der Waals surface area contributed by atoms with E-state index in [1.54, 1.807) is 37.9 Å². The summed E-state index contributed by atoms with van der Waals surface area (Å²) < 4.78 is 3.37. The van der Waals surface area contributed by atoms with Crippen molar-refractivity contribution in [1.29, 1.82) is 0 Å². The molecule has 0 radical (unpaired) electrons. The van der Waals surface area contributed by atoms with Crippen LogP contribution in [0.25, 0.3) is 11.0 Å². The number of aromatic nitrogens is 5. The summed E-state index contributed by atoms with van der Waals surface area (Å²) in [5.74, 6) is 0.536. The largest absolute Gasteiger partial charge is 0.339 e. The van der Waals surface area contributed by atoms with Gasteiger partial charge in [0, 0.05) is 32.2 Å².